The molecule has 1 aliphatic rings. The number of nitrogens with zero attached hydrogens (tertiary/aromatic N) is 3. The second kappa shape index (κ2) is 4.98. The Morgan fingerprint density at radius 2 is 2.17 bits per heavy atom. The van der Waals surface area contributed by atoms with E-state index in [9.17, 15) is 0 Å². The molecular weight excluding hydrogens is 242 g/mol. The van der Waals surface area contributed by atoms with E-state index in [-0.39, 0.29) is 0 Å². The lowest BCUT2D eigenvalue weighted by molar-refractivity contribution is 0.884. The lowest BCUT2D eigenvalue weighted by Gasteiger charge is -2.05. The highest BCUT2D eigenvalue weighted by molar-refractivity contribution is 7.11. The van der Waals surface area contributed by atoms with Crippen LogP contribution in [0.5, 0.6) is 0 Å². The monoisotopic (exact) mass is 257 g/mol. The van der Waals surface area contributed by atoms with Gasteiger partial charge in [0.15, 0.2) is 0 Å². The standard InChI is InChI=1S/C14H15N3S/c1-2-14-15-8-10(18-14)6-7-13-11-4-3-5-12(11)16-9-17-13/h3,5,8-9H,2,4,6-7H2,1H3. The Labute approximate surface area is 111 Å². The van der Waals surface area contributed by atoms with Crippen LogP contribution in [0, 0.1) is 0 Å². The van der Waals surface area contributed by atoms with Crippen LogP contribution < -0.4 is 0 Å². The maximum absolute atomic E-state index is 4.43. The van der Waals surface area contributed by atoms with Gasteiger partial charge in [-0.3, -0.25) is 0 Å². The molecule has 0 atom stereocenters. The van der Waals surface area contributed by atoms with Gasteiger partial charge < -0.3 is 0 Å². The van der Waals surface area contributed by atoms with Crippen molar-refractivity contribution in [3.8, 4) is 0 Å². The Morgan fingerprint density at radius 1 is 1.22 bits per heavy atom. The summed E-state index contributed by atoms with van der Waals surface area (Å²) in [4.78, 5) is 14.5. The van der Waals surface area contributed by atoms with Crippen LogP contribution in [0.1, 0.15) is 33.8 Å². The number of hydrogen-bond acceptors (Lipinski definition) is 4. The Hall–Kier alpha value is -1.55. The minimum absolute atomic E-state index is 0.981. The number of thiazole rings is 1. The Balaban J connectivity index is 1.72. The summed E-state index contributed by atoms with van der Waals surface area (Å²) in [6.07, 6.45) is 11.9. The van der Waals surface area contributed by atoms with Crippen LogP contribution in [0.3, 0.4) is 0 Å². The van der Waals surface area contributed by atoms with E-state index >= 15 is 0 Å². The second-order valence-electron chi connectivity index (χ2n) is 4.36. The Morgan fingerprint density at radius 3 is 3.00 bits per heavy atom. The third kappa shape index (κ3) is 2.20. The molecule has 2 aromatic rings. The molecule has 2 heterocycles. The van der Waals surface area contributed by atoms with Gasteiger partial charge in [0.25, 0.3) is 0 Å². The topological polar surface area (TPSA) is 38.7 Å². The van der Waals surface area contributed by atoms with Crippen molar-refractivity contribution in [3.05, 3.63) is 45.4 Å². The lowest BCUT2D eigenvalue weighted by atomic mass is 10.1. The van der Waals surface area contributed by atoms with Crippen LogP contribution in [0.2, 0.25) is 0 Å². The molecule has 1 aliphatic carbocycles. The normalized spacial score (nSPS) is 12.9. The zero-order valence-corrected chi connectivity index (χ0v) is 11.2. The maximum Gasteiger partial charge on any atom is 0.116 e. The third-order valence-corrected chi connectivity index (χ3v) is 4.38. The molecule has 0 radical (unpaired) electrons. The fourth-order valence-electron chi connectivity index (χ4n) is 2.20. The number of hydrogen-bond donors (Lipinski definition) is 0. The number of aromatic nitrogens is 3. The molecule has 92 valence electrons. The molecular formula is C14H15N3S. The smallest absolute Gasteiger partial charge is 0.116 e. The van der Waals surface area contributed by atoms with Gasteiger partial charge in [0, 0.05) is 22.3 Å². The largest absolute Gasteiger partial charge is 0.249 e. The molecule has 18 heavy (non-hydrogen) atoms. The van der Waals surface area contributed by atoms with Crippen LogP contribution >= 0.6 is 11.3 Å². The summed E-state index contributed by atoms with van der Waals surface area (Å²) >= 11 is 1.82. The van der Waals surface area contributed by atoms with Crippen LogP contribution in [-0.4, -0.2) is 15.0 Å². The first-order valence-electron chi connectivity index (χ1n) is 6.29. The molecule has 0 N–H and O–H groups in total. The molecule has 0 aromatic carbocycles. The molecule has 0 fully saturated rings. The van der Waals surface area contributed by atoms with Gasteiger partial charge in [0.05, 0.1) is 10.7 Å². The molecule has 0 spiro atoms. The van der Waals surface area contributed by atoms with Gasteiger partial charge in [-0.2, -0.15) is 0 Å². The molecule has 0 bridgehead atoms. The minimum atomic E-state index is 0.981. The van der Waals surface area contributed by atoms with Crippen LogP contribution in [0.4, 0.5) is 0 Å². The Kier molecular flexibility index (Phi) is 3.19. The minimum Gasteiger partial charge on any atom is -0.249 e. The van der Waals surface area contributed by atoms with E-state index < -0.39 is 0 Å². The van der Waals surface area contributed by atoms with Crippen LogP contribution in [-0.2, 0) is 25.7 Å². The van der Waals surface area contributed by atoms with E-state index in [0.717, 1.165) is 31.4 Å². The summed E-state index contributed by atoms with van der Waals surface area (Å²) in [5.41, 5.74) is 3.59. The van der Waals surface area contributed by atoms with Gasteiger partial charge in [-0.15, -0.1) is 11.3 Å². The molecule has 2 aromatic heterocycles. The summed E-state index contributed by atoms with van der Waals surface area (Å²) < 4.78 is 0. The van der Waals surface area contributed by atoms with E-state index in [4.69, 9.17) is 0 Å². The van der Waals surface area contributed by atoms with Gasteiger partial charge in [-0.1, -0.05) is 13.0 Å². The van der Waals surface area contributed by atoms with Gasteiger partial charge in [0.2, 0.25) is 0 Å². The van der Waals surface area contributed by atoms with Crippen molar-refractivity contribution in [1.82, 2.24) is 15.0 Å². The van der Waals surface area contributed by atoms with E-state index in [1.54, 1.807) is 6.33 Å². The second-order valence-corrected chi connectivity index (χ2v) is 5.56. The van der Waals surface area contributed by atoms with Crippen molar-refractivity contribution in [2.24, 2.45) is 0 Å². The zero-order valence-electron chi connectivity index (χ0n) is 10.4. The van der Waals surface area contributed by atoms with Crippen molar-refractivity contribution < 1.29 is 0 Å². The van der Waals surface area contributed by atoms with Crippen molar-refractivity contribution in [2.45, 2.75) is 32.6 Å². The number of aryl methyl sites for hydroxylation is 3. The summed E-state index contributed by atoms with van der Waals surface area (Å²) in [6.45, 7) is 2.14. The molecule has 0 aliphatic heterocycles. The molecule has 0 amide bonds. The first-order chi connectivity index (χ1) is 8.86. The quantitative estimate of drug-likeness (QED) is 0.845. The molecule has 0 saturated heterocycles. The summed E-state index contributed by atoms with van der Waals surface area (Å²) in [7, 11) is 0. The van der Waals surface area contributed by atoms with E-state index in [1.165, 1.54) is 21.1 Å². The van der Waals surface area contributed by atoms with Gasteiger partial charge in [0.1, 0.15) is 6.33 Å². The highest BCUT2D eigenvalue weighted by Crippen LogP contribution is 2.21. The van der Waals surface area contributed by atoms with Gasteiger partial charge >= 0.3 is 0 Å². The molecule has 3 rings (SSSR count). The van der Waals surface area contributed by atoms with Crippen molar-refractivity contribution in [1.29, 1.82) is 0 Å². The average Bonchev–Trinajstić information content (AvgIpc) is 3.05. The van der Waals surface area contributed by atoms with Crippen molar-refractivity contribution >= 4 is 17.4 Å². The van der Waals surface area contributed by atoms with E-state index in [0.29, 0.717) is 0 Å². The Bertz CT molecular complexity index is 586. The van der Waals surface area contributed by atoms with Crippen LogP contribution in [0.25, 0.3) is 6.08 Å². The summed E-state index contributed by atoms with van der Waals surface area (Å²) in [6, 6.07) is 0. The van der Waals surface area contributed by atoms with E-state index in [1.807, 2.05) is 17.5 Å². The summed E-state index contributed by atoms with van der Waals surface area (Å²) in [5, 5.41) is 1.22. The van der Waals surface area contributed by atoms with Crippen molar-refractivity contribution in [3.63, 3.8) is 0 Å². The zero-order chi connectivity index (χ0) is 12.4. The lowest BCUT2D eigenvalue weighted by Crippen LogP contribution is -2.01. The van der Waals surface area contributed by atoms with Gasteiger partial charge in [-0.05, 0) is 31.8 Å². The first kappa shape index (κ1) is 11.5. The highest BCUT2D eigenvalue weighted by Gasteiger charge is 2.12. The van der Waals surface area contributed by atoms with Crippen molar-refractivity contribution in [2.75, 3.05) is 0 Å². The molecule has 0 saturated carbocycles. The fourth-order valence-corrected chi connectivity index (χ4v) is 3.06. The van der Waals surface area contributed by atoms with E-state index in [2.05, 4.69) is 34.0 Å². The number of fused-ring (bicyclic) bond motifs is 1. The maximum atomic E-state index is 4.43. The number of allylic oxidation sites excluding steroid dienone is 1. The van der Waals surface area contributed by atoms with Crippen LogP contribution in [0.15, 0.2) is 18.6 Å². The predicted molar refractivity (Wildman–Crippen MR) is 73.7 cm³/mol. The fraction of sp³-hybridized carbons (Fsp3) is 0.357. The first-order valence-corrected chi connectivity index (χ1v) is 7.11. The van der Waals surface area contributed by atoms with Gasteiger partial charge in [-0.25, -0.2) is 15.0 Å². The third-order valence-electron chi connectivity index (χ3n) is 3.18. The highest BCUT2D eigenvalue weighted by atomic mass is 32.1. The summed E-state index contributed by atoms with van der Waals surface area (Å²) in [5.74, 6) is 0. The average molecular weight is 257 g/mol. The SMILES string of the molecule is CCc1ncc(CCc2ncnc3c2CC=C3)s1. The molecule has 3 nitrogen and oxygen atoms in total. The molecule has 4 heteroatoms. The number of rotatable bonds is 4. The predicted octanol–water partition coefficient (Wildman–Crippen LogP) is 2.85. The molecule has 0 unspecified atom stereocenters.